The fraction of sp³-hybridized carbons (Fsp3) is 0.541. The molecule has 136 heavy (non-hydrogen) atoms. The van der Waals surface area contributed by atoms with E-state index in [0.717, 1.165) is 32.8 Å². The highest BCUT2D eigenvalue weighted by molar-refractivity contribution is 8.39. The summed E-state index contributed by atoms with van der Waals surface area (Å²) in [5, 5.41) is 23.9. The van der Waals surface area contributed by atoms with Gasteiger partial charge in [0.15, 0.2) is 112 Å². The van der Waals surface area contributed by atoms with Crippen LogP contribution in [0, 0.1) is 0 Å². The fourth-order valence-corrected chi connectivity index (χ4v) is 20.9. The molecule has 0 aromatic carbocycles. The van der Waals surface area contributed by atoms with E-state index in [4.69, 9.17) is 176 Å². The van der Waals surface area contributed by atoms with Crippen LogP contribution >= 0.6 is 53.1 Å². The van der Waals surface area contributed by atoms with Crippen LogP contribution in [0.4, 0.5) is 52.9 Å². The van der Waals surface area contributed by atoms with Crippen LogP contribution in [0.25, 0.3) is 66.9 Å². The van der Waals surface area contributed by atoms with Crippen molar-refractivity contribution >= 4 is 214 Å². The monoisotopic (exact) mass is 2140 g/mol. The lowest BCUT2D eigenvalue weighted by Crippen LogP contribution is -2.34. The Morgan fingerprint density at radius 3 is 1.54 bits per heavy atom. The van der Waals surface area contributed by atoms with Crippen LogP contribution in [0.3, 0.4) is 0 Å². The van der Waals surface area contributed by atoms with Gasteiger partial charge in [-0.05, 0) is 82.5 Å². The molecule has 0 saturated carbocycles. The van der Waals surface area contributed by atoms with Crippen molar-refractivity contribution in [3.8, 4) is 0 Å². The topological polar surface area (TPSA) is 788 Å². The minimum absolute atomic E-state index is 0.0118. The molecule has 0 bridgehead atoms. The molecule has 6 saturated heterocycles. The van der Waals surface area contributed by atoms with Crippen molar-refractivity contribution < 1.29 is 130 Å². The Balaban J connectivity index is 0.000000148. The second-order valence-corrected chi connectivity index (χ2v) is 45.6. The summed E-state index contributed by atoms with van der Waals surface area (Å²) in [5.41, 5.74) is 33.2. The van der Waals surface area contributed by atoms with Crippen LogP contribution in [0.15, 0.2) is 58.3 Å². The molecule has 12 aromatic heterocycles. The molecule has 20 N–H and O–H groups in total. The van der Waals surface area contributed by atoms with Gasteiger partial charge in [-0.2, -0.15) is 29.0 Å². The van der Waals surface area contributed by atoms with Crippen molar-refractivity contribution in [2.75, 3.05) is 95.4 Å². The summed E-state index contributed by atoms with van der Waals surface area (Å²) in [5.74, 6) is -0.235. The van der Waals surface area contributed by atoms with Gasteiger partial charge in [-0.25, -0.2) is 57.4 Å². The standard InChI is InChI=1S/C21H28N10O9P2S2.C20H25F2N11O9P2S2.C20H23F2N11O9P2S2/c1-35-41(33,43)36-8-11-6-13(20(39-11)31-18-15(28-29-31)19(32)27-21(23)26-18)40-42(34,44)37-7-10-2-3-14(38-10)30-5-4-12-16(22)24-9-25-17(12)30;1-37-43(35,45)39-4-9-10(22)13(19(41-9)32-6-27-12-16(32)28-20(24)29-17(12)34)42-44(36,46)38-3-7-2-8(21)18(40-7)33-15-11(30-31-33)14(23)25-5-26-15;1-37-12-7(41-18(9(12)22)32-5-27-10-14(23)25-4-26-15(10)32)3-39-44(36,46)42-13-8(21)6(2-38-43(35)45)40-19(13)33-16-11(30-31-33)17(34)29-20(24)28-16/h4-5,9-11,13-14,20H,2-3,6-8H2,1H3,(H,33,43)(H,34,44)(H2,22,24,25)(H3,23,26,27,32);5-10,13,18-19H,2-4H2,1H3,(H,35,45)(H,36,46)(H2,23,25,26)(H3,24,28,29,34);4-9,12-13,18-19H,2-3H2,1H3,(H6-,23,24,25,26,28,29,31,34,35,36,45,46)/p+1/t10-,11-,13+,14+,20+,41?,42?;7-,8-,9+,10+,13+,18+,19+,43?,44?;6-,7-,8+,9+,12-,13-,18-,19-,44?/m001/s1. The maximum absolute atomic E-state index is 15.9. The highest BCUT2D eigenvalue weighted by atomic mass is 32.7. The summed E-state index contributed by atoms with van der Waals surface area (Å²) in [6.07, 6.45) is -17.2. The average molecular weight is 2140 g/mol. The summed E-state index contributed by atoms with van der Waals surface area (Å²) in [6, 6.07) is 1.82. The van der Waals surface area contributed by atoms with Gasteiger partial charge >= 0.3 is 40.8 Å². The van der Waals surface area contributed by atoms with Crippen LogP contribution < -0.4 is 51.1 Å². The number of methoxy groups -OCH3 is 1. The number of hydrogen-bond donors (Lipinski definition) is 15. The van der Waals surface area contributed by atoms with E-state index < -0.39 is 201 Å². The van der Waals surface area contributed by atoms with Crippen molar-refractivity contribution in [3.63, 3.8) is 0 Å². The Bertz CT molecular complexity index is 6910. The highest BCUT2D eigenvalue weighted by Gasteiger charge is 2.55. The number of nitrogens with zero attached hydrogens (tertiary/aromatic N) is 23. The first-order valence-electron chi connectivity index (χ1n) is 39.2. The van der Waals surface area contributed by atoms with Gasteiger partial charge in [0.2, 0.25) is 17.8 Å². The lowest BCUT2D eigenvalue weighted by Gasteiger charge is -2.26. The zero-order valence-corrected chi connectivity index (χ0v) is 79.7. The van der Waals surface area contributed by atoms with E-state index in [0.29, 0.717) is 24.3 Å². The molecule has 12 aromatic rings. The van der Waals surface area contributed by atoms with Crippen molar-refractivity contribution in [1.82, 2.24) is 128 Å². The normalized spacial score (nSPS) is 28.7. The third-order valence-electron chi connectivity index (χ3n) is 21.0. The second kappa shape index (κ2) is 41.2. The number of anilines is 6. The lowest BCUT2D eigenvalue weighted by molar-refractivity contribution is -0.0600. The van der Waals surface area contributed by atoms with Gasteiger partial charge in [0, 0.05) is 40.4 Å². The van der Waals surface area contributed by atoms with Gasteiger partial charge in [0.05, 0.1) is 69.4 Å². The molecule has 59 nitrogen and oxygen atoms in total. The van der Waals surface area contributed by atoms with E-state index in [9.17, 15) is 43.4 Å². The Labute approximate surface area is 786 Å². The van der Waals surface area contributed by atoms with Crippen LogP contribution in [-0.4, -0.2) is 300 Å². The maximum atomic E-state index is 15.9. The largest absolute Gasteiger partial charge is 0.582 e. The van der Waals surface area contributed by atoms with Gasteiger partial charge in [0.1, 0.15) is 110 Å². The molecule has 6 fully saturated rings. The Hall–Kier alpha value is -8.14. The number of aromatic amines is 3. The number of nitrogens with one attached hydrogen (secondary N) is 3. The van der Waals surface area contributed by atoms with Gasteiger partial charge in [-0.3, -0.25) is 47.5 Å². The lowest BCUT2D eigenvalue weighted by atomic mass is 10.1. The highest BCUT2D eigenvalue weighted by Crippen LogP contribution is 2.56. The molecule has 18 heterocycles. The molecular formula is C61H77F4N32O27P6S6+. The molecule has 6 aliphatic heterocycles. The number of nitrogens with two attached hydrogens (primary N) is 6. The molecule has 6 unspecified atom stereocenters. The first kappa shape index (κ1) is 101. The maximum Gasteiger partial charge on any atom is 0.582 e. The number of aromatic nitrogens is 26. The summed E-state index contributed by atoms with van der Waals surface area (Å²) >= 11 is 29.0. The van der Waals surface area contributed by atoms with E-state index in [1.807, 2.05) is 16.8 Å². The molecule has 0 aliphatic carbocycles. The zero-order chi connectivity index (χ0) is 97.1. The third-order valence-corrected chi connectivity index (χ3v) is 29.9. The number of hydrogen-bond acceptors (Lipinski definition) is 50. The van der Waals surface area contributed by atoms with Gasteiger partial charge in [0.25, 0.3) is 16.7 Å². The average Bonchev–Trinajstić information content (AvgIpc) is 1.61. The third kappa shape index (κ3) is 22.0. The number of fused-ring (bicyclic) bond motifs is 6. The smallest absolute Gasteiger partial charge is 0.383 e. The fourth-order valence-electron chi connectivity index (χ4n) is 14.9. The van der Waals surface area contributed by atoms with Crippen LogP contribution in [-0.2, 0) is 147 Å². The number of alkyl halides is 4. The molecule has 26 atom stereocenters. The van der Waals surface area contributed by atoms with Gasteiger partial charge < -0.3 is 133 Å². The van der Waals surface area contributed by atoms with Crippen molar-refractivity contribution in [2.24, 2.45) is 0 Å². The number of thiol groups is 1. The summed E-state index contributed by atoms with van der Waals surface area (Å²) < 4.78 is 180. The van der Waals surface area contributed by atoms with E-state index in [2.05, 4.69) is 113 Å². The summed E-state index contributed by atoms with van der Waals surface area (Å²) in [6.45, 7) is -22.2. The molecule has 736 valence electrons. The Morgan fingerprint density at radius 1 is 0.463 bits per heavy atom. The van der Waals surface area contributed by atoms with Gasteiger partial charge in [-0.15, -0.1) is 19.8 Å². The molecule has 6 aliphatic rings. The Morgan fingerprint density at radius 2 is 0.926 bits per heavy atom. The predicted octanol–water partition coefficient (Wildman–Crippen LogP) is 0.693. The van der Waals surface area contributed by atoms with Crippen LogP contribution in [0.1, 0.15) is 63.1 Å². The van der Waals surface area contributed by atoms with Gasteiger partial charge in [-0.1, -0.05) is 15.6 Å². The number of nitrogen functional groups attached to an aromatic ring is 6. The van der Waals surface area contributed by atoms with E-state index in [1.54, 1.807) is 0 Å². The van der Waals surface area contributed by atoms with E-state index in [1.165, 1.54) is 48.8 Å². The molecular weight excluding hydrogens is 2070 g/mol. The minimum Gasteiger partial charge on any atom is -0.383 e. The van der Waals surface area contributed by atoms with Crippen LogP contribution in [0.2, 0.25) is 0 Å². The van der Waals surface area contributed by atoms with E-state index in [-0.39, 0.29) is 118 Å². The molecule has 75 heteroatoms. The quantitative estimate of drug-likeness (QED) is 0.0153. The molecule has 18 rings (SSSR count). The van der Waals surface area contributed by atoms with Crippen molar-refractivity contribution in [2.45, 2.75) is 149 Å². The SMILES string of the molecule is COP(O)(=S)OC[C@@H]1C[C@@H](OP(O)(=S)OC[C@@H]2CC[C@H](n3ccc4c(N)ncnc43)O2)[C@H](n2nnc3c(=O)[nH]c(N)nc32)O1.COP(O)(=S)OC[C@H]1O[C@@H](n2cnc3c(=O)[nH]c(N)nc32)[C@H](OP(O)(=S)OC[C@@H]2C[C@H](F)[C@H](n3nnc4c(N)ncnc43)O2)[C@@H]1F.CO[C@H]1[C@H](F)[C@H](n2cnc3c(N)ncnc32)O[C@@H]1COP(O)(=S)O[C@@H]1[C@@H](F)[C@@H](CO[P+](=O)S)O[C@H]1n1nnc2c(=O)[nH]c(N)nc21. The zero-order valence-electron chi connectivity index (χ0n) is 69.3. The predicted molar refractivity (Wildman–Crippen MR) is 478 cm³/mol. The minimum atomic E-state index is -4.39. The first-order chi connectivity index (χ1) is 64.6. The first-order valence-corrected chi connectivity index (χ1v) is 54.5. The molecule has 0 amide bonds. The van der Waals surface area contributed by atoms with Crippen molar-refractivity contribution in [3.05, 3.63) is 75.0 Å². The number of H-pyrrole nitrogens is 3. The number of ether oxygens (including phenoxy) is 7. The molecule has 0 spiro atoms. The van der Waals surface area contributed by atoms with Crippen molar-refractivity contribution in [1.29, 1.82) is 0 Å². The van der Waals surface area contributed by atoms with E-state index >= 15 is 17.6 Å². The summed E-state index contributed by atoms with van der Waals surface area (Å²) in [7, 11) is 1.14. The molecule has 0 radical (unpaired) electrons. The number of rotatable bonds is 33. The summed E-state index contributed by atoms with van der Waals surface area (Å²) in [4.78, 5) is 141. The Kier molecular flexibility index (Phi) is 30.5. The second-order valence-electron chi connectivity index (χ2n) is 29.7. The number of imidazole rings is 2. The number of halogens is 4. The van der Waals surface area contributed by atoms with Crippen LogP contribution in [0.5, 0.6) is 0 Å².